The van der Waals surface area contributed by atoms with Crippen molar-refractivity contribution in [2.45, 2.75) is 20.3 Å². The van der Waals surface area contributed by atoms with E-state index in [4.69, 9.17) is 4.74 Å². The number of rotatable bonds is 5. The van der Waals surface area contributed by atoms with Gasteiger partial charge in [0, 0.05) is 43.9 Å². The van der Waals surface area contributed by atoms with Crippen molar-refractivity contribution in [3.8, 4) is 0 Å². The van der Waals surface area contributed by atoms with E-state index in [9.17, 15) is 4.79 Å². The van der Waals surface area contributed by atoms with Crippen LogP contribution in [0.5, 0.6) is 0 Å². The molecule has 0 aromatic carbocycles. The summed E-state index contributed by atoms with van der Waals surface area (Å²) in [4.78, 5) is 18.8. The van der Waals surface area contributed by atoms with E-state index in [0.29, 0.717) is 11.5 Å². The average molecular weight is 277 g/mol. The molecule has 1 aliphatic heterocycles. The maximum Gasteiger partial charge on any atom is 0.254 e. The lowest BCUT2D eigenvalue weighted by Gasteiger charge is -2.17. The first-order valence-corrected chi connectivity index (χ1v) is 7.14. The predicted octanol–water partition coefficient (Wildman–Crippen LogP) is 1.93. The van der Waals surface area contributed by atoms with Crippen LogP contribution in [0.25, 0.3) is 0 Å². The molecule has 20 heavy (non-hydrogen) atoms. The van der Waals surface area contributed by atoms with Gasteiger partial charge in [-0.2, -0.15) is 0 Å². The first kappa shape index (κ1) is 14.8. The van der Waals surface area contributed by atoms with Crippen LogP contribution in [-0.4, -0.2) is 49.1 Å². The third-order valence-electron chi connectivity index (χ3n) is 3.53. The summed E-state index contributed by atoms with van der Waals surface area (Å²) in [5.74, 6) is 1.32. The molecule has 1 aliphatic rings. The lowest BCUT2D eigenvalue weighted by Crippen LogP contribution is -2.29. The number of carbonyl (C=O) groups is 1. The maximum absolute atomic E-state index is 12.5. The molecule has 2 heterocycles. The first-order valence-electron chi connectivity index (χ1n) is 7.14. The molecule has 0 spiro atoms. The van der Waals surface area contributed by atoms with Crippen molar-refractivity contribution < 1.29 is 9.53 Å². The minimum atomic E-state index is 0.0910. The van der Waals surface area contributed by atoms with E-state index in [0.717, 1.165) is 44.2 Å². The number of methoxy groups -OCH3 is 1. The molecule has 1 atom stereocenters. The number of hydrogen-bond donors (Lipinski definition) is 1. The molecule has 1 aromatic heterocycles. The largest absolute Gasteiger partial charge is 0.384 e. The Balaban J connectivity index is 2.09. The second-order valence-electron chi connectivity index (χ2n) is 5.27. The van der Waals surface area contributed by atoms with Crippen LogP contribution < -0.4 is 5.32 Å². The number of ether oxygens (including phenoxy) is 1. The number of aryl methyl sites for hydroxylation is 1. The van der Waals surface area contributed by atoms with Crippen molar-refractivity contribution in [1.29, 1.82) is 0 Å². The van der Waals surface area contributed by atoms with Crippen LogP contribution in [0.3, 0.4) is 0 Å². The molecule has 110 valence electrons. The van der Waals surface area contributed by atoms with Crippen LogP contribution >= 0.6 is 0 Å². The lowest BCUT2D eigenvalue weighted by atomic mass is 10.1. The summed E-state index contributed by atoms with van der Waals surface area (Å²) in [6.45, 7) is 7.04. The number of aromatic nitrogens is 1. The standard InChI is InChI=1S/C15H23N3O2/c1-4-16-14-8-13(7-11(2)17-14)15(19)18-6-5-12(9-18)10-20-3/h7-8,12H,4-6,9-10H2,1-3H3,(H,16,17). The van der Waals surface area contributed by atoms with Crippen molar-refractivity contribution in [2.75, 3.05) is 38.7 Å². The van der Waals surface area contributed by atoms with E-state index in [1.165, 1.54) is 0 Å². The molecule has 1 N–H and O–H groups in total. The highest BCUT2D eigenvalue weighted by Gasteiger charge is 2.27. The molecule has 5 nitrogen and oxygen atoms in total. The van der Waals surface area contributed by atoms with Gasteiger partial charge in [0.15, 0.2) is 0 Å². The quantitative estimate of drug-likeness (QED) is 0.893. The van der Waals surface area contributed by atoms with Crippen LogP contribution in [0.15, 0.2) is 12.1 Å². The summed E-state index contributed by atoms with van der Waals surface area (Å²) in [5.41, 5.74) is 1.57. The molecule has 1 unspecified atom stereocenters. The predicted molar refractivity (Wildman–Crippen MR) is 79.0 cm³/mol. The van der Waals surface area contributed by atoms with E-state index in [2.05, 4.69) is 10.3 Å². The SMILES string of the molecule is CCNc1cc(C(=O)N2CCC(COC)C2)cc(C)n1. The molecule has 0 bridgehead atoms. The Morgan fingerprint density at radius 2 is 2.35 bits per heavy atom. The van der Waals surface area contributed by atoms with Gasteiger partial charge < -0.3 is 15.0 Å². The summed E-state index contributed by atoms with van der Waals surface area (Å²) >= 11 is 0. The summed E-state index contributed by atoms with van der Waals surface area (Å²) in [6, 6.07) is 3.69. The zero-order chi connectivity index (χ0) is 14.5. The van der Waals surface area contributed by atoms with Crippen LogP contribution in [-0.2, 0) is 4.74 Å². The Kier molecular flexibility index (Phi) is 4.95. The third kappa shape index (κ3) is 3.48. The Morgan fingerprint density at radius 3 is 3.05 bits per heavy atom. The van der Waals surface area contributed by atoms with Gasteiger partial charge in [-0.3, -0.25) is 4.79 Å². The van der Waals surface area contributed by atoms with Gasteiger partial charge in [-0.25, -0.2) is 4.98 Å². The molecule has 0 aliphatic carbocycles. The fourth-order valence-electron chi connectivity index (χ4n) is 2.64. The van der Waals surface area contributed by atoms with Gasteiger partial charge in [-0.15, -0.1) is 0 Å². The topological polar surface area (TPSA) is 54.5 Å². The molecule has 1 saturated heterocycles. The highest BCUT2D eigenvalue weighted by Crippen LogP contribution is 2.20. The molecule has 5 heteroatoms. The zero-order valence-corrected chi connectivity index (χ0v) is 12.5. The van der Waals surface area contributed by atoms with Crippen LogP contribution in [0, 0.1) is 12.8 Å². The van der Waals surface area contributed by atoms with Gasteiger partial charge in [0.25, 0.3) is 5.91 Å². The van der Waals surface area contributed by atoms with Crippen LogP contribution in [0.1, 0.15) is 29.4 Å². The summed E-state index contributed by atoms with van der Waals surface area (Å²) < 4.78 is 5.17. The van der Waals surface area contributed by atoms with Crippen molar-refractivity contribution >= 4 is 11.7 Å². The van der Waals surface area contributed by atoms with Crippen LogP contribution in [0.2, 0.25) is 0 Å². The Hall–Kier alpha value is -1.62. The molecular formula is C15H23N3O2. The Bertz CT molecular complexity index is 476. The second-order valence-corrected chi connectivity index (χ2v) is 5.27. The summed E-state index contributed by atoms with van der Waals surface area (Å²) in [5, 5.41) is 3.16. The second kappa shape index (κ2) is 6.70. The van der Waals surface area contributed by atoms with Crippen molar-refractivity contribution in [3.05, 3.63) is 23.4 Å². The summed E-state index contributed by atoms with van der Waals surface area (Å²) in [6.07, 6.45) is 1.02. The zero-order valence-electron chi connectivity index (χ0n) is 12.5. The van der Waals surface area contributed by atoms with E-state index in [1.54, 1.807) is 7.11 Å². The number of amides is 1. The lowest BCUT2D eigenvalue weighted by molar-refractivity contribution is 0.0775. The first-order chi connectivity index (χ1) is 9.63. The monoisotopic (exact) mass is 277 g/mol. The van der Waals surface area contributed by atoms with Gasteiger partial charge in [0.05, 0.1) is 6.61 Å². The van der Waals surface area contributed by atoms with Gasteiger partial charge in [0.1, 0.15) is 5.82 Å². The van der Waals surface area contributed by atoms with E-state index >= 15 is 0 Å². The molecular weight excluding hydrogens is 254 g/mol. The average Bonchev–Trinajstić information content (AvgIpc) is 2.86. The number of likely N-dealkylation sites (tertiary alicyclic amines) is 1. The Morgan fingerprint density at radius 1 is 1.55 bits per heavy atom. The minimum absolute atomic E-state index is 0.0910. The smallest absolute Gasteiger partial charge is 0.254 e. The highest BCUT2D eigenvalue weighted by molar-refractivity contribution is 5.95. The van der Waals surface area contributed by atoms with Gasteiger partial charge in [-0.05, 0) is 32.4 Å². The third-order valence-corrected chi connectivity index (χ3v) is 3.53. The number of hydrogen-bond acceptors (Lipinski definition) is 4. The number of pyridine rings is 1. The van der Waals surface area contributed by atoms with Gasteiger partial charge in [-0.1, -0.05) is 0 Å². The normalized spacial score (nSPS) is 18.4. The molecule has 1 aromatic rings. The molecule has 0 radical (unpaired) electrons. The van der Waals surface area contributed by atoms with Crippen molar-refractivity contribution in [1.82, 2.24) is 9.88 Å². The van der Waals surface area contributed by atoms with Gasteiger partial charge >= 0.3 is 0 Å². The number of anilines is 1. The number of nitrogens with one attached hydrogen (secondary N) is 1. The summed E-state index contributed by atoms with van der Waals surface area (Å²) in [7, 11) is 1.71. The molecule has 2 rings (SSSR count). The van der Waals surface area contributed by atoms with Crippen LogP contribution in [0.4, 0.5) is 5.82 Å². The fraction of sp³-hybridized carbons (Fsp3) is 0.600. The molecule has 0 saturated carbocycles. The molecule has 1 fully saturated rings. The number of carbonyl (C=O) groups excluding carboxylic acids is 1. The van der Waals surface area contributed by atoms with Crippen molar-refractivity contribution in [3.63, 3.8) is 0 Å². The van der Waals surface area contributed by atoms with E-state index in [1.807, 2.05) is 30.9 Å². The Labute approximate surface area is 120 Å². The van der Waals surface area contributed by atoms with E-state index in [-0.39, 0.29) is 5.91 Å². The maximum atomic E-state index is 12.5. The van der Waals surface area contributed by atoms with Crippen molar-refractivity contribution in [2.24, 2.45) is 5.92 Å². The van der Waals surface area contributed by atoms with E-state index < -0.39 is 0 Å². The van der Waals surface area contributed by atoms with Gasteiger partial charge in [0.2, 0.25) is 0 Å². The fourth-order valence-corrected chi connectivity index (χ4v) is 2.64. The number of nitrogens with zero attached hydrogens (tertiary/aromatic N) is 2. The molecule has 1 amide bonds. The highest BCUT2D eigenvalue weighted by atomic mass is 16.5. The minimum Gasteiger partial charge on any atom is -0.384 e.